The second-order valence-corrected chi connectivity index (χ2v) is 6.02. The third-order valence-corrected chi connectivity index (χ3v) is 3.85. The van der Waals surface area contributed by atoms with Crippen molar-refractivity contribution in [3.8, 4) is 0 Å². The van der Waals surface area contributed by atoms with Crippen molar-refractivity contribution in [2.75, 3.05) is 26.7 Å². The summed E-state index contributed by atoms with van der Waals surface area (Å²) in [5, 5.41) is 7.09. The highest BCUT2D eigenvalue weighted by molar-refractivity contribution is 6.29. The zero-order valence-corrected chi connectivity index (χ0v) is 15.9. The van der Waals surface area contributed by atoms with E-state index in [-0.39, 0.29) is 5.97 Å². The molecule has 0 bridgehead atoms. The Labute approximate surface area is 155 Å². The van der Waals surface area contributed by atoms with E-state index in [2.05, 4.69) is 20.6 Å². The third-order valence-electron chi connectivity index (χ3n) is 3.62. The van der Waals surface area contributed by atoms with Crippen molar-refractivity contribution in [2.24, 2.45) is 4.99 Å². The summed E-state index contributed by atoms with van der Waals surface area (Å²) in [5.41, 5.74) is 1.13. The normalized spacial score (nSPS) is 11.2. The number of rotatable bonds is 11. The van der Waals surface area contributed by atoms with Gasteiger partial charge in [0, 0.05) is 32.8 Å². The van der Waals surface area contributed by atoms with Gasteiger partial charge in [-0.3, -0.25) is 9.79 Å². The van der Waals surface area contributed by atoms with E-state index in [9.17, 15) is 4.79 Å². The van der Waals surface area contributed by atoms with Gasteiger partial charge in [-0.2, -0.15) is 0 Å². The van der Waals surface area contributed by atoms with Gasteiger partial charge in [0.05, 0.1) is 6.61 Å². The van der Waals surface area contributed by atoms with E-state index in [1.807, 2.05) is 13.0 Å². The first-order chi connectivity index (χ1) is 12.2. The molecule has 0 fully saturated rings. The minimum Gasteiger partial charge on any atom is -0.466 e. The standard InChI is InChI=1S/C18H29ClN4O2/c1-3-25-17(24)8-6-4-5-7-12-21-18(20-2)22-13-11-15-9-10-16(19)23-14-15/h9-10,14H,3-8,11-13H2,1-2H3,(H2,20,21,22). The van der Waals surface area contributed by atoms with Crippen LogP contribution in [0.5, 0.6) is 0 Å². The lowest BCUT2D eigenvalue weighted by atomic mass is 10.1. The lowest BCUT2D eigenvalue weighted by molar-refractivity contribution is -0.143. The first-order valence-corrected chi connectivity index (χ1v) is 9.24. The van der Waals surface area contributed by atoms with E-state index in [4.69, 9.17) is 16.3 Å². The molecule has 25 heavy (non-hydrogen) atoms. The van der Waals surface area contributed by atoms with Gasteiger partial charge in [0.15, 0.2) is 5.96 Å². The number of carbonyl (C=O) groups excluding carboxylic acids is 1. The lowest BCUT2D eigenvalue weighted by Crippen LogP contribution is -2.38. The number of unbranched alkanes of at least 4 members (excludes halogenated alkanes) is 3. The fourth-order valence-electron chi connectivity index (χ4n) is 2.29. The molecule has 0 saturated heterocycles. The van der Waals surface area contributed by atoms with E-state index in [0.717, 1.165) is 56.7 Å². The van der Waals surface area contributed by atoms with E-state index in [1.165, 1.54) is 0 Å². The van der Waals surface area contributed by atoms with Crippen LogP contribution in [0, 0.1) is 0 Å². The molecule has 0 aliphatic heterocycles. The smallest absolute Gasteiger partial charge is 0.305 e. The summed E-state index contributed by atoms with van der Waals surface area (Å²) in [6.07, 6.45) is 7.22. The van der Waals surface area contributed by atoms with Crippen LogP contribution < -0.4 is 10.6 Å². The number of guanidine groups is 1. The predicted octanol–water partition coefficient (Wildman–Crippen LogP) is 2.96. The number of nitrogens with zero attached hydrogens (tertiary/aromatic N) is 2. The van der Waals surface area contributed by atoms with Crippen LogP contribution >= 0.6 is 11.6 Å². The second kappa shape index (κ2) is 13.5. The molecule has 1 aromatic rings. The van der Waals surface area contributed by atoms with Gasteiger partial charge >= 0.3 is 5.97 Å². The molecule has 6 nitrogen and oxygen atoms in total. The van der Waals surface area contributed by atoms with Gasteiger partial charge < -0.3 is 15.4 Å². The summed E-state index contributed by atoms with van der Waals surface area (Å²) >= 11 is 5.77. The zero-order chi connectivity index (χ0) is 18.3. The van der Waals surface area contributed by atoms with Gasteiger partial charge in [0.1, 0.15) is 5.15 Å². The average molecular weight is 369 g/mol. The summed E-state index contributed by atoms with van der Waals surface area (Å²) in [6.45, 7) is 3.93. The van der Waals surface area contributed by atoms with Gasteiger partial charge in [-0.1, -0.05) is 30.5 Å². The molecule has 0 unspecified atom stereocenters. The molecule has 0 spiro atoms. The molecule has 0 radical (unpaired) electrons. The maximum Gasteiger partial charge on any atom is 0.305 e. The molecule has 0 aromatic carbocycles. The van der Waals surface area contributed by atoms with Crippen molar-refractivity contribution in [1.29, 1.82) is 0 Å². The number of pyridine rings is 1. The maximum atomic E-state index is 11.2. The van der Waals surface area contributed by atoms with Crippen LogP contribution in [-0.4, -0.2) is 43.7 Å². The molecule has 0 saturated carbocycles. The van der Waals surface area contributed by atoms with E-state index in [0.29, 0.717) is 18.2 Å². The zero-order valence-electron chi connectivity index (χ0n) is 15.2. The van der Waals surface area contributed by atoms with Crippen LogP contribution in [0.1, 0.15) is 44.6 Å². The highest BCUT2D eigenvalue weighted by Crippen LogP contribution is 2.05. The molecule has 1 heterocycles. The molecule has 0 aliphatic rings. The first-order valence-electron chi connectivity index (χ1n) is 8.86. The Morgan fingerprint density at radius 3 is 2.64 bits per heavy atom. The molecule has 1 aromatic heterocycles. The molecule has 140 valence electrons. The molecular formula is C18H29ClN4O2. The van der Waals surface area contributed by atoms with Gasteiger partial charge in [-0.15, -0.1) is 0 Å². The van der Waals surface area contributed by atoms with Crippen molar-refractivity contribution in [1.82, 2.24) is 15.6 Å². The average Bonchev–Trinajstić information content (AvgIpc) is 2.61. The summed E-state index contributed by atoms with van der Waals surface area (Å²) in [4.78, 5) is 19.5. The number of hydrogen-bond acceptors (Lipinski definition) is 4. The summed E-state index contributed by atoms with van der Waals surface area (Å²) in [5.74, 6) is 0.703. The number of aromatic nitrogens is 1. The summed E-state index contributed by atoms with van der Waals surface area (Å²) in [7, 11) is 1.76. The fourth-order valence-corrected chi connectivity index (χ4v) is 2.40. The van der Waals surface area contributed by atoms with Crippen molar-refractivity contribution in [2.45, 2.75) is 45.4 Å². The molecule has 1 rings (SSSR count). The number of nitrogens with one attached hydrogen (secondary N) is 2. The summed E-state index contributed by atoms with van der Waals surface area (Å²) in [6, 6.07) is 3.77. The SMILES string of the molecule is CCOC(=O)CCCCCCNC(=NC)NCCc1ccc(Cl)nc1. The Balaban J connectivity index is 2.04. The Kier molecular flexibility index (Phi) is 11.4. The van der Waals surface area contributed by atoms with Gasteiger partial charge in [-0.05, 0) is 37.8 Å². The monoisotopic (exact) mass is 368 g/mol. The fraction of sp³-hybridized carbons (Fsp3) is 0.611. The van der Waals surface area contributed by atoms with Crippen LogP contribution in [0.3, 0.4) is 0 Å². The minimum atomic E-state index is -0.0962. The Morgan fingerprint density at radius 2 is 1.96 bits per heavy atom. The van der Waals surface area contributed by atoms with Crippen LogP contribution in [0.25, 0.3) is 0 Å². The molecule has 2 N–H and O–H groups in total. The first kappa shape index (κ1) is 21.2. The number of esters is 1. The summed E-state index contributed by atoms with van der Waals surface area (Å²) < 4.78 is 4.91. The molecule has 0 aliphatic carbocycles. The van der Waals surface area contributed by atoms with Crippen LogP contribution in [0.2, 0.25) is 5.15 Å². The Hall–Kier alpha value is -1.82. The molecule has 0 amide bonds. The number of ether oxygens (including phenoxy) is 1. The van der Waals surface area contributed by atoms with Gasteiger partial charge in [-0.25, -0.2) is 4.98 Å². The lowest BCUT2D eigenvalue weighted by Gasteiger charge is -2.11. The van der Waals surface area contributed by atoms with Crippen molar-refractivity contribution < 1.29 is 9.53 Å². The Bertz CT molecular complexity index is 520. The number of aliphatic imine (C=N–C) groups is 1. The Morgan fingerprint density at radius 1 is 1.20 bits per heavy atom. The minimum absolute atomic E-state index is 0.0962. The van der Waals surface area contributed by atoms with Crippen molar-refractivity contribution in [3.05, 3.63) is 29.0 Å². The predicted molar refractivity (Wildman–Crippen MR) is 102 cm³/mol. The number of hydrogen-bond donors (Lipinski definition) is 2. The molecule has 7 heteroatoms. The van der Waals surface area contributed by atoms with Crippen molar-refractivity contribution >= 4 is 23.5 Å². The van der Waals surface area contributed by atoms with Crippen LogP contribution in [-0.2, 0) is 16.0 Å². The van der Waals surface area contributed by atoms with E-state index in [1.54, 1.807) is 19.3 Å². The highest BCUT2D eigenvalue weighted by Gasteiger charge is 2.01. The third kappa shape index (κ3) is 10.6. The van der Waals surface area contributed by atoms with E-state index >= 15 is 0 Å². The maximum absolute atomic E-state index is 11.2. The second-order valence-electron chi connectivity index (χ2n) is 5.63. The van der Waals surface area contributed by atoms with Crippen LogP contribution in [0.4, 0.5) is 0 Å². The van der Waals surface area contributed by atoms with Crippen LogP contribution in [0.15, 0.2) is 23.3 Å². The number of carbonyl (C=O) groups is 1. The van der Waals surface area contributed by atoms with Crippen molar-refractivity contribution in [3.63, 3.8) is 0 Å². The number of halogens is 1. The topological polar surface area (TPSA) is 75.6 Å². The molecular weight excluding hydrogens is 340 g/mol. The highest BCUT2D eigenvalue weighted by atomic mass is 35.5. The molecule has 0 atom stereocenters. The van der Waals surface area contributed by atoms with Gasteiger partial charge in [0.25, 0.3) is 0 Å². The van der Waals surface area contributed by atoms with Gasteiger partial charge in [0.2, 0.25) is 0 Å². The van der Waals surface area contributed by atoms with E-state index < -0.39 is 0 Å². The quantitative estimate of drug-likeness (QED) is 0.206. The largest absolute Gasteiger partial charge is 0.466 e.